The van der Waals surface area contributed by atoms with Crippen molar-refractivity contribution in [2.45, 2.75) is 5.41 Å². The maximum Gasteiger partial charge on any atom is 0.0747 e. The molecule has 2 aliphatic rings. The minimum Gasteiger partial charge on any atom is -0.309 e. The molecule has 0 amide bonds. The van der Waals surface area contributed by atoms with E-state index in [9.17, 15) is 0 Å². The number of aromatic nitrogens is 1. The Morgan fingerprint density at radius 1 is 0.339 bits per heavy atom. The van der Waals surface area contributed by atoms with Crippen LogP contribution in [0.1, 0.15) is 22.3 Å². The highest BCUT2D eigenvalue weighted by Gasteiger charge is 2.54. The van der Waals surface area contributed by atoms with E-state index in [1.807, 2.05) is 0 Å². The first-order chi connectivity index (χ1) is 27.8. The number of hydrogen-bond acceptors (Lipinski definition) is 0. The van der Waals surface area contributed by atoms with Crippen LogP contribution in [0, 0.1) is 0 Å². The molecule has 0 aliphatic heterocycles. The summed E-state index contributed by atoms with van der Waals surface area (Å²) in [6.45, 7) is 0. The molecule has 0 N–H and O–H groups in total. The van der Waals surface area contributed by atoms with Crippen molar-refractivity contribution in [3.8, 4) is 50.3 Å². The number of rotatable bonds is 3. The maximum atomic E-state index is 2.53. The van der Waals surface area contributed by atoms with E-state index in [1.165, 1.54) is 116 Å². The standard InChI is InChI=1S/C55H33N/c1-3-13-34(14-4-1)39-28-23-35-26-31-44-40(29-24-36-25-30-43(39)51(35)52(36)44)37-27-32-50-46(33-37)53-54(56(50)38-15-5-2-6-16-38)45-19-9-12-22-49(45)55(53)47-20-10-7-17-41(47)42-18-8-11-21-48(42)55/h1-33H. The summed E-state index contributed by atoms with van der Waals surface area (Å²) < 4.78 is 2.53. The zero-order valence-corrected chi connectivity index (χ0v) is 30.5. The summed E-state index contributed by atoms with van der Waals surface area (Å²) in [5.41, 5.74) is 17.7. The lowest BCUT2D eigenvalue weighted by molar-refractivity contribution is 0.801. The molecule has 0 saturated heterocycles. The third-order valence-corrected chi connectivity index (χ3v) is 13.0. The molecule has 1 spiro atoms. The largest absolute Gasteiger partial charge is 0.309 e. The fraction of sp³-hybridized carbons (Fsp3) is 0.0182. The fourth-order valence-electron chi connectivity index (χ4n) is 10.8. The molecule has 0 saturated carbocycles. The molecule has 0 fully saturated rings. The van der Waals surface area contributed by atoms with Crippen LogP contribution < -0.4 is 0 Å². The summed E-state index contributed by atoms with van der Waals surface area (Å²) >= 11 is 0. The summed E-state index contributed by atoms with van der Waals surface area (Å²) in [5.74, 6) is 0. The van der Waals surface area contributed by atoms with Crippen LogP contribution in [-0.2, 0) is 5.41 Å². The Morgan fingerprint density at radius 3 is 1.46 bits per heavy atom. The van der Waals surface area contributed by atoms with Gasteiger partial charge in [-0.2, -0.15) is 0 Å². The molecule has 56 heavy (non-hydrogen) atoms. The normalized spacial score (nSPS) is 13.5. The zero-order valence-electron chi connectivity index (χ0n) is 30.5. The van der Waals surface area contributed by atoms with Crippen molar-refractivity contribution in [1.82, 2.24) is 4.57 Å². The predicted molar refractivity (Wildman–Crippen MR) is 234 cm³/mol. The summed E-state index contributed by atoms with van der Waals surface area (Å²) in [4.78, 5) is 0. The van der Waals surface area contributed by atoms with Crippen molar-refractivity contribution in [2.24, 2.45) is 0 Å². The van der Waals surface area contributed by atoms with Crippen LogP contribution in [0.15, 0.2) is 200 Å². The van der Waals surface area contributed by atoms with E-state index in [0.717, 1.165) is 0 Å². The lowest BCUT2D eigenvalue weighted by Crippen LogP contribution is -2.25. The van der Waals surface area contributed by atoms with E-state index in [-0.39, 0.29) is 0 Å². The first kappa shape index (κ1) is 30.1. The Hall–Kier alpha value is -7.22. The van der Waals surface area contributed by atoms with Crippen LogP contribution in [0.5, 0.6) is 0 Å². The van der Waals surface area contributed by atoms with Gasteiger partial charge in [-0.15, -0.1) is 0 Å². The molecule has 258 valence electrons. The highest BCUT2D eigenvalue weighted by atomic mass is 15.0. The average Bonchev–Trinajstić information content (AvgIpc) is 3.88. The Kier molecular flexibility index (Phi) is 5.89. The molecule has 0 radical (unpaired) electrons. The summed E-state index contributed by atoms with van der Waals surface area (Å²) in [7, 11) is 0. The molecule has 1 heteroatoms. The van der Waals surface area contributed by atoms with Gasteiger partial charge >= 0.3 is 0 Å². The van der Waals surface area contributed by atoms with E-state index in [1.54, 1.807) is 0 Å². The molecule has 11 aromatic rings. The number of para-hydroxylation sites is 1. The van der Waals surface area contributed by atoms with Crippen molar-refractivity contribution in [2.75, 3.05) is 0 Å². The average molecular weight is 708 g/mol. The highest BCUT2D eigenvalue weighted by molar-refractivity contribution is 6.27. The van der Waals surface area contributed by atoms with Crippen LogP contribution in [0.3, 0.4) is 0 Å². The lowest BCUT2D eigenvalue weighted by Gasteiger charge is -2.30. The first-order valence-corrected chi connectivity index (χ1v) is 19.6. The number of fused-ring (bicyclic) bond motifs is 12. The second-order valence-corrected chi connectivity index (χ2v) is 15.5. The van der Waals surface area contributed by atoms with Gasteiger partial charge in [-0.25, -0.2) is 0 Å². The Morgan fingerprint density at radius 2 is 0.839 bits per heavy atom. The van der Waals surface area contributed by atoms with Crippen molar-refractivity contribution >= 4 is 43.2 Å². The van der Waals surface area contributed by atoms with Crippen molar-refractivity contribution in [3.05, 3.63) is 222 Å². The van der Waals surface area contributed by atoms with Crippen LogP contribution >= 0.6 is 0 Å². The third kappa shape index (κ3) is 3.70. The van der Waals surface area contributed by atoms with E-state index >= 15 is 0 Å². The van der Waals surface area contributed by atoms with Crippen molar-refractivity contribution in [1.29, 1.82) is 0 Å². The molecule has 13 rings (SSSR count). The van der Waals surface area contributed by atoms with Gasteiger partial charge in [0.1, 0.15) is 0 Å². The minimum absolute atomic E-state index is 0.452. The fourth-order valence-corrected chi connectivity index (χ4v) is 10.8. The summed E-state index contributed by atoms with van der Waals surface area (Å²) in [5, 5.41) is 9.12. The van der Waals surface area contributed by atoms with Crippen molar-refractivity contribution in [3.63, 3.8) is 0 Å². The van der Waals surface area contributed by atoms with Crippen LogP contribution in [0.25, 0.3) is 93.5 Å². The molecule has 1 nitrogen and oxygen atoms in total. The third-order valence-electron chi connectivity index (χ3n) is 13.0. The van der Waals surface area contributed by atoms with E-state index in [4.69, 9.17) is 0 Å². The predicted octanol–water partition coefficient (Wildman–Crippen LogP) is 14.2. The Balaban J connectivity index is 1.14. The summed E-state index contributed by atoms with van der Waals surface area (Å²) in [6, 6.07) is 74.9. The second-order valence-electron chi connectivity index (χ2n) is 15.5. The van der Waals surface area contributed by atoms with Gasteiger partial charge < -0.3 is 4.57 Å². The Bertz CT molecular complexity index is 3360. The number of hydrogen-bond donors (Lipinski definition) is 0. The topological polar surface area (TPSA) is 4.93 Å². The molecule has 0 unspecified atom stereocenters. The van der Waals surface area contributed by atoms with E-state index in [2.05, 4.69) is 205 Å². The molecule has 1 heterocycles. The van der Waals surface area contributed by atoms with Gasteiger partial charge in [-0.3, -0.25) is 0 Å². The van der Waals surface area contributed by atoms with Gasteiger partial charge in [0.25, 0.3) is 0 Å². The monoisotopic (exact) mass is 707 g/mol. The van der Waals surface area contributed by atoms with E-state index in [0.29, 0.717) is 0 Å². The smallest absolute Gasteiger partial charge is 0.0747 e. The van der Waals surface area contributed by atoms with Crippen LogP contribution in [0.2, 0.25) is 0 Å². The van der Waals surface area contributed by atoms with Gasteiger partial charge in [0.05, 0.1) is 16.6 Å². The maximum absolute atomic E-state index is 2.53. The second kappa shape index (κ2) is 10.9. The molecular weight excluding hydrogens is 675 g/mol. The molecule has 2 aliphatic carbocycles. The Labute approximate surface area is 324 Å². The zero-order chi connectivity index (χ0) is 36.5. The summed E-state index contributed by atoms with van der Waals surface area (Å²) in [6.07, 6.45) is 0. The van der Waals surface area contributed by atoms with Crippen LogP contribution in [0.4, 0.5) is 0 Å². The minimum atomic E-state index is -0.452. The molecule has 0 bridgehead atoms. The molecule has 10 aromatic carbocycles. The van der Waals surface area contributed by atoms with Crippen LogP contribution in [-0.4, -0.2) is 4.57 Å². The van der Waals surface area contributed by atoms with Gasteiger partial charge in [-0.1, -0.05) is 176 Å². The number of benzene rings is 10. The van der Waals surface area contributed by atoms with Gasteiger partial charge in [-0.05, 0) is 107 Å². The number of nitrogens with zero attached hydrogens (tertiary/aromatic N) is 1. The van der Waals surface area contributed by atoms with Gasteiger partial charge in [0.2, 0.25) is 0 Å². The molecule has 0 atom stereocenters. The van der Waals surface area contributed by atoms with E-state index < -0.39 is 5.41 Å². The SMILES string of the molecule is c1ccc(-c2ccc3ccc4c(-c5ccc6c(c5)c5c(n6-c6ccccc6)-c6ccccc6C56c5ccccc5-c5ccccc56)ccc5ccc2c3c54)cc1. The van der Waals surface area contributed by atoms with Gasteiger partial charge in [0, 0.05) is 22.2 Å². The molecular formula is C55H33N. The highest BCUT2D eigenvalue weighted by Crippen LogP contribution is 2.65. The quantitative estimate of drug-likeness (QED) is 0.161. The van der Waals surface area contributed by atoms with Gasteiger partial charge in [0.15, 0.2) is 0 Å². The molecule has 1 aromatic heterocycles. The lowest BCUT2D eigenvalue weighted by atomic mass is 9.70. The van der Waals surface area contributed by atoms with Crippen molar-refractivity contribution < 1.29 is 0 Å². The first-order valence-electron chi connectivity index (χ1n) is 19.6.